The molecule has 0 saturated carbocycles. The zero-order valence-electron chi connectivity index (χ0n) is 22.3. The molecule has 10 nitrogen and oxygen atoms in total. The van der Waals surface area contributed by atoms with Gasteiger partial charge in [0.05, 0.1) is 11.5 Å². The van der Waals surface area contributed by atoms with Gasteiger partial charge in [-0.3, -0.25) is 19.2 Å². The number of hydrogen-bond donors (Lipinski definition) is 4. The van der Waals surface area contributed by atoms with Gasteiger partial charge in [0.2, 0.25) is 17.7 Å². The first-order chi connectivity index (χ1) is 18.8. The van der Waals surface area contributed by atoms with E-state index in [1.165, 1.54) is 0 Å². The van der Waals surface area contributed by atoms with E-state index in [1.54, 1.807) is 4.90 Å². The number of likely N-dealkylation sites (tertiary alicyclic amines) is 1. The van der Waals surface area contributed by atoms with Gasteiger partial charge in [0, 0.05) is 51.1 Å². The van der Waals surface area contributed by atoms with Crippen molar-refractivity contribution in [2.24, 2.45) is 17.1 Å². The topological polar surface area (TPSA) is 151 Å². The van der Waals surface area contributed by atoms with Gasteiger partial charge < -0.3 is 31.1 Å². The van der Waals surface area contributed by atoms with Gasteiger partial charge in [-0.15, -0.1) is 0 Å². The number of allylic oxidation sites excluding steroid dienone is 2. The van der Waals surface area contributed by atoms with Crippen LogP contribution >= 0.6 is 0 Å². The predicted octanol–water partition coefficient (Wildman–Crippen LogP) is 1.39. The summed E-state index contributed by atoms with van der Waals surface area (Å²) in [4.78, 5) is 52.9. The number of aliphatic carboxylic acids is 1. The number of hydrogen-bond acceptors (Lipinski definition) is 6. The Morgan fingerprint density at radius 1 is 1.13 bits per heavy atom. The Kier molecular flexibility index (Phi) is 9.74. The zero-order chi connectivity index (χ0) is 27.8. The van der Waals surface area contributed by atoms with Crippen LogP contribution < -0.4 is 16.4 Å². The SMILES string of the molecule is N[C@@H](CCC(=O)O)C(=O)N1CC[C@@H]2NC(=O)[C@@H](Cc3ccccc3)NC(=O)C3(C/C=C/C[C@H]2C1)CCOCC3. The van der Waals surface area contributed by atoms with Crippen molar-refractivity contribution in [1.29, 1.82) is 0 Å². The molecule has 0 unspecified atom stereocenters. The standard InChI is InChI=1S/C29H40N4O6/c30-22(9-10-25(34)35)27(37)33-15-11-23-21(19-33)8-4-5-12-29(13-16-39-17-14-29)28(38)32-24(26(36)31-23)18-20-6-2-1-3-7-20/h1-7,21-24H,8-19,30H2,(H,31,36)(H,32,38)(H,34,35)/b5-4+/t21-,22-,23-,24+/m0/s1. The fourth-order valence-electron chi connectivity index (χ4n) is 5.82. The molecule has 2 fully saturated rings. The fraction of sp³-hybridized carbons (Fsp3) is 0.586. The molecule has 4 atom stereocenters. The number of rotatable bonds is 6. The Labute approximate surface area is 229 Å². The number of ether oxygens (including phenoxy) is 1. The van der Waals surface area contributed by atoms with Crippen LogP contribution in [-0.2, 0) is 30.3 Å². The second-order valence-corrected chi connectivity index (χ2v) is 11.0. The largest absolute Gasteiger partial charge is 0.481 e. The van der Waals surface area contributed by atoms with Crippen molar-refractivity contribution >= 4 is 23.7 Å². The summed E-state index contributed by atoms with van der Waals surface area (Å²) in [6.07, 6.45) is 7.33. The van der Waals surface area contributed by atoms with Gasteiger partial charge in [-0.1, -0.05) is 42.5 Å². The second kappa shape index (κ2) is 13.2. The van der Waals surface area contributed by atoms with Crippen LogP contribution in [0.2, 0.25) is 0 Å². The Bertz CT molecular complexity index is 1060. The predicted molar refractivity (Wildman–Crippen MR) is 144 cm³/mol. The number of nitrogens with two attached hydrogens (primary N) is 1. The Balaban J connectivity index is 1.54. The van der Waals surface area contributed by atoms with Gasteiger partial charge in [0.15, 0.2) is 0 Å². The van der Waals surface area contributed by atoms with E-state index in [2.05, 4.69) is 22.8 Å². The summed E-state index contributed by atoms with van der Waals surface area (Å²) in [6.45, 7) is 1.84. The Morgan fingerprint density at radius 2 is 1.87 bits per heavy atom. The number of carboxylic acids is 1. The normalized spacial score (nSPS) is 27.2. The molecule has 2 saturated heterocycles. The highest BCUT2D eigenvalue weighted by atomic mass is 16.5. The Morgan fingerprint density at radius 3 is 2.59 bits per heavy atom. The molecular formula is C29H40N4O6. The van der Waals surface area contributed by atoms with Crippen molar-refractivity contribution in [3.8, 4) is 0 Å². The van der Waals surface area contributed by atoms with E-state index in [9.17, 15) is 19.2 Å². The number of fused-ring (bicyclic) bond motifs is 1. The maximum absolute atomic E-state index is 13.7. The molecule has 10 heteroatoms. The third-order valence-corrected chi connectivity index (χ3v) is 8.31. The minimum atomic E-state index is -0.983. The first kappa shape index (κ1) is 28.8. The molecule has 1 aromatic carbocycles. The van der Waals surface area contributed by atoms with Gasteiger partial charge in [0.25, 0.3) is 0 Å². The molecule has 3 aliphatic heterocycles. The van der Waals surface area contributed by atoms with E-state index in [-0.39, 0.29) is 42.5 Å². The van der Waals surface area contributed by atoms with Crippen molar-refractivity contribution in [3.05, 3.63) is 48.0 Å². The first-order valence-corrected chi connectivity index (χ1v) is 13.9. The number of carbonyl (C=O) groups is 4. The maximum atomic E-state index is 13.7. The number of benzene rings is 1. The molecule has 212 valence electrons. The molecule has 39 heavy (non-hydrogen) atoms. The van der Waals surface area contributed by atoms with Gasteiger partial charge in [-0.2, -0.15) is 0 Å². The molecule has 0 bridgehead atoms. The lowest BCUT2D eigenvalue weighted by molar-refractivity contribution is -0.140. The summed E-state index contributed by atoms with van der Waals surface area (Å²) in [7, 11) is 0. The van der Waals surface area contributed by atoms with Crippen LogP contribution in [0.3, 0.4) is 0 Å². The molecule has 1 aromatic rings. The number of nitrogens with zero attached hydrogens (tertiary/aromatic N) is 1. The highest BCUT2D eigenvalue weighted by molar-refractivity contribution is 5.90. The molecule has 1 spiro atoms. The maximum Gasteiger partial charge on any atom is 0.303 e. The third-order valence-electron chi connectivity index (χ3n) is 8.31. The van der Waals surface area contributed by atoms with E-state index in [4.69, 9.17) is 15.6 Å². The van der Waals surface area contributed by atoms with E-state index in [0.29, 0.717) is 64.8 Å². The minimum Gasteiger partial charge on any atom is -0.481 e. The van der Waals surface area contributed by atoms with Crippen LogP contribution in [0.25, 0.3) is 0 Å². The van der Waals surface area contributed by atoms with Crippen LogP contribution in [-0.4, -0.2) is 78.1 Å². The van der Waals surface area contributed by atoms with E-state index in [1.807, 2.05) is 30.3 Å². The number of carboxylic acid groups (broad SMARTS) is 1. The van der Waals surface area contributed by atoms with Crippen molar-refractivity contribution in [2.45, 2.75) is 69.5 Å². The summed E-state index contributed by atoms with van der Waals surface area (Å²) in [5.41, 5.74) is 6.35. The third kappa shape index (κ3) is 7.45. The number of carbonyl (C=O) groups excluding carboxylic acids is 3. The van der Waals surface area contributed by atoms with Crippen LogP contribution in [0.1, 0.15) is 50.5 Å². The van der Waals surface area contributed by atoms with E-state index >= 15 is 0 Å². The number of nitrogens with one attached hydrogen (secondary N) is 2. The molecular weight excluding hydrogens is 500 g/mol. The van der Waals surface area contributed by atoms with Crippen molar-refractivity contribution < 1.29 is 29.0 Å². The highest BCUT2D eigenvalue weighted by Crippen LogP contribution is 2.36. The zero-order valence-corrected chi connectivity index (χ0v) is 22.3. The molecule has 3 amide bonds. The van der Waals surface area contributed by atoms with E-state index < -0.39 is 23.5 Å². The summed E-state index contributed by atoms with van der Waals surface area (Å²) >= 11 is 0. The molecule has 5 N–H and O–H groups in total. The van der Waals surface area contributed by atoms with Gasteiger partial charge in [-0.25, -0.2) is 0 Å². The van der Waals surface area contributed by atoms with Crippen molar-refractivity contribution in [2.75, 3.05) is 26.3 Å². The summed E-state index contributed by atoms with van der Waals surface area (Å²) in [6, 6.07) is 7.87. The van der Waals surface area contributed by atoms with Gasteiger partial charge >= 0.3 is 5.97 Å². The summed E-state index contributed by atoms with van der Waals surface area (Å²) < 4.78 is 5.55. The van der Waals surface area contributed by atoms with Crippen LogP contribution in [0.5, 0.6) is 0 Å². The summed E-state index contributed by atoms with van der Waals surface area (Å²) in [5, 5.41) is 15.2. The van der Waals surface area contributed by atoms with Gasteiger partial charge in [-0.05, 0) is 44.1 Å². The highest BCUT2D eigenvalue weighted by Gasteiger charge is 2.42. The quantitative estimate of drug-likeness (QED) is 0.398. The van der Waals surface area contributed by atoms with Crippen molar-refractivity contribution in [3.63, 3.8) is 0 Å². The smallest absolute Gasteiger partial charge is 0.303 e. The molecule has 0 radical (unpaired) electrons. The molecule has 0 aromatic heterocycles. The van der Waals surface area contributed by atoms with Gasteiger partial charge in [0.1, 0.15) is 6.04 Å². The lowest BCUT2D eigenvalue weighted by Gasteiger charge is -2.41. The van der Waals surface area contributed by atoms with Crippen LogP contribution in [0.4, 0.5) is 0 Å². The first-order valence-electron chi connectivity index (χ1n) is 13.9. The molecule has 4 rings (SSSR count). The monoisotopic (exact) mass is 540 g/mol. The molecule has 0 aliphatic carbocycles. The lowest BCUT2D eigenvalue weighted by Crippen LogP contribution is -2.59. The minimum absolute atomic E-state index is 0.0345. The Hall–Kier alpha value is -3.24. The molecule has 3 heterocycles. The fourth-order valence-corrected chi connectivity index (χ4v) is 5.82. The van der Waals surface area contributed by atoms with Crippen LogP contribution in [0.15, 0.2) is 42.5 Å². The summed E-state index contributed by atoms with van der Waals surface area (Å²) in [5.74, 6) is -1.62. The number of amides is 3. The average molecular weight is 541 g/mol. The average Bonchev–Trinajstić information content (AvgIpc) is 2.94. The van der Waals surface area contributed by atoms with Crippen LogP contribution in [0, 0.1) is 11.3 Å². The van der Waals surface area contributed by atoms with E-state index in [0.717, 1.165) is 5.56 Å². The molecule has 3 aliphatic rings. The number of piperidine rings is 1. The van der Waals surface area contributed by atoms with Crippen molar-refractivity contribution in [1.82, 2.24) is 15.5 Å². The lowest BCUT2D eigenvalue weighted by atomic mass is 9.75. The second-order valence-electron chi connectivity index (χ2n) is 11.0.